The van der Waals surface area contributed by atoms with Crippen molar-refractivity contribution in [2.45, 2.75) is 13.8 Å². The van der Waals surface area contributed by atoms with Gasteiger partial charge in [0.25, 0.3) is 0 Å². The van der Waals surface area contributed by atoms with Gasteiger partial charge in [0.1, 0.15) is 0 Å². The van der Waals surface area contributed by atoms with Gasteiger partial charge in [0.15, 0.2) is 0 Å². The van der Waals surface area contributed by atoms with E-state index in [9.17, 15) is 0 Å². The minimum Gasteiger partial charge on any atom is -0.200 e. The van der Waals surface area contributed by atoms with Crippen molar-refractivity contribution in [2.24, 2.45) is 5.92 Å². The van der Waals surface area contributed by atoms with Crippen molar-refractivity contribution in [2.75, 3.05) is 5.75 Å². The molecule has 0 heterocycles. The number of hydrogen-bond acceptors (Lipinski definition) is 0. The maximum absolute atomic E-state index is 5.20. The summed E-state index contributed by atoms with van der Waals surface area (Å²) in [5.41, 5.74) is 0. The second-order valence-electron chi connectivity index (χ2n) is 1.76. The van der Waals surface area contributed by atoms with E-state index in [1.165, 1.54) is 0 Å². The molecule has 0 aromatic rings. The van der Waals surface area contributed by atoms with Gasteiger partial charge in [-0.15, -0.1) is 0 Å². The maximum atomic E-state index is 5.20. The lowest BCUT2D eigenvalue weighted by Crippen LogP contribution is -1.85. The highest BCUT2D eigenvalue weighted by atomic mass is 32.1. The fourth-order valence-electron chi connectivity index (χ4n) is 0.211. The molecule has 0 aliphatic carbocycles. The normalized spacial score (nSPS) is 9.83. The molecule has 1 heteroatoms. The molecule has 6 heavy (non-hydrogen) atoms. The number of thiol groups is 1. The zero-order valence-electron chi connectivity index (χ0n) is 4.31. The fraction of sp³-hybridized carbons (Fsp3) is 0.800. The molecule has 0 bridgehead atoms. The van der Waals surface area contributed by atoms with Gasteiger partial charge in [-0.05, 0) is 17.5 Å². The minimum absolute atomic E-state index is 0.761. The molecule has 0 atom stereocenters. The van der Waals surface area contributed by atoms with Crippen LogP contribution in [0.2, 0.25) is 0 Å². The van der Waals surface area contributed by atoms with Gasteiger partial charge in [0.2, 0.25) is 0 Å². The highest BCUT2D eigenvalue weighted by Gasteiger charge is 1.82. The van der Waals surface area contributed by atoms with Crippen molar-refractivity contribution in [1.29, 1.82) is 0 Å². The molecular formula is C5H11S. The standard InChI is InChI=1S/C5H11S/c1-5(2)4-6-3/h3,5-6H,4H2,1-2H3. The van der Waals surface area contributed by atoms with Crippen molar-refractivity contribution in [3.63, 3.8) is 0 Å². The zero-order valence-corrected chi connectivity index (χ0v) is 5.20. The third kappa shape index (κ3) is 4.22. The highest BCUT2D eigenvalue weighted by molar-refractivity contribution is 7.96. The monoisotopic (exact) mass is 103 g/mol. The summed E-state index contributed by atoms with van der Waals surface area (Å²) in [6, 6.07) is 0. The molecule has 0 nitrogen and oxygen atoms in total. The van der Waals surface area contributed by atoms with E-state index in [2.05, 4.69) is 13.8 Å². The van der Waals surface area contributed by atoms with E-state index in [1.54, 1.807) is 0 Å². The third-order valence-electron chi connectivity index (χ3n) is 0.471. The van der Waals surface area contributed by atoms with Crippen LogP contribution < -0.4 is 0 Å². The van der Waals surface area contributed by atoms with E-state index in [1.807, 2.05) is 0 Å². The van der Waals surface area contributed by atoms with Crippen LogP contribution in [0, 0.1) is 5.92 Å². The largest absolute Gasteiger partial charge is 0.200 e. The Morgan fingerprint density at radius 3 is 2.17 bits per heavy atom. The molecule has 0 aromatic heterocycles. The lowest BCUT2D eigenvalue weighted by molar-refractivity contribution is 0.752. The number of hydrogen-bond donors (Lipinski definition) is 1. The second kappa shape index (κ2) is 3.41. The van der Waals surface area contributed by atoms with Gasteiger partial charge in [-0.1, -0.05) is 13.8 Å². The van der Waals surface area contributed by atoms with Crippen LogP contribution in [-0.2, 0) is 0 Å². The van der Waals surface area contributed by atoms with Gasteiger partial charge >= 0.3 is 0 Å². The van der Waals surface area contributed by atoms with E-state index < -0.39 is 0 Å². The molecule has 0 saturated heterocycles. The van der Waals surface area contributed by atoms with Gasteiger partial charge in [0, 0.05) is 0 Å². The topological polar surface area (TPSA) is 0 Å². The molecule has 0 unspecified atom stereocenters. The van der Waals surface area contributed by atoms with Crippen LogP contribution >= 0.6 is 11.4 Å². The zero-order chi connectivity index (χ0) is 4.99. The smallest absolute Gasteiger partial charge is 0.0122 e. The molecule has 0 N–H and O–H groups in total. The lowest BCUT2D eigenvalue weighted by Gasteiger charge is -1.92. The Morgan fingerprint density at radius 2 is 2.17 bits per heavy atom. The molecule has 1 radical (unpaired) electrons. The molecule has 0 aliphatic heterocycles. The summed E-state index contributed by atoms with van der Waals surface area (Å²) in [6.07, 6.45) is 0. The van der Waals surface area contributed by atoms with Gasteiger partial charge < -0.3 is 0 Å². The Kier molecular flexibility index (Phi) is 3.54. The van der Waals surface area contributed by atoms with Crippen LogP contribution in [0.3, 0.4) is 0 Å². The minimum atomic E-state index is 0.761. The van der Waals surface area contributed by atoms with Crippen molar-refractivity contribution < 1.29 is 0 Å². The average Bonchev–Trinajstić information content (AvgIpc) is 1.35. The van der Waals surface area contributed by atoms with Crippen LogP contribution in [0.4, 0.5) is 0 Å². The summed E-state index contributed by atoms with van der Waals surface area (Å²) in [7, 11) is 0. The number of rotatable bonds is 2. The van der Waals surface area contributed by atoms with Gasteiger partial charge in [-0.3, -0.25) is 0 Å². The first-order valence-electron chi connectivity index (χ1n) is 2.14. The molecule has 0 rings (SSSR count). The SMILES string of the molecule is [CH]=[SH]CC(C)C. The predicted octanol–water partition coefficient (Wildman–Crippen LogP) is 1.42. The van der Waals surface area contributed by atoms with E-state index in [0.29, 0.717) is 0 Å². The third-order valence-corrected chi connectivity index (χ3v) is 1.41. The van der Waals surface area contributed by atoms with Gasteiger partial charge in [-0.2, -0.15) is 11.4 Å². The molecular weight excluding hydrogens is 92.1 g/mol. The summed E-state index contributed by atoms with van der Waals surface area (Å²) in [4.78, 5) is 0. The Hall–Kier alpha value is 0.220. The van der Waals surface area contributed by atoms with Crippen LogP contribution in [0.5, 0.6) is 0 Å². The fourth-order valence-corrected chi connectivity index (χ4v) is 0.632. The van der Waals surface area contributed by atoms with Gasteiger partial charge in [-0.25, -0.2) is 0 Å². The first kappa shape index (κ1) is 6.22. The predicted molar refractivity (Wildman–Crippen MR) is 34.8 cm³/mol. The first-order valence-corrected chi connectivity index (χ1v) is 3.29. The Morgan fingerprint density at radius 1 is 1.67 bits per heavy atom. The summed E-state index contributed by atoms with van der Waals surface area (Å²) < 4.78 is 0. The van der Waals surface area contributed by atoms with E-state index in [-0.39, 0.29) is 0 Å². The molecule has 0 spiro atoms. The van der Waals surface area contributed by atoms with E-state index in [0.717, 1.165) is 23.0 Å². The quantitative estimate of drug-likeness (QED) is 0.396. The van der Waals surface area contributed by atoms with Crippen molar-refractivity contribution >= 4 is 17.2 Å². The van der Waals surface area contributed by atoms with E-state index >= 15 is 0 Å². The van der Waals surface area contributed by atoms with Crippen LogP contribution in [0.1, 0.15) is 13.8 Å². The van der Waals surface area contributed by atoms with E-state index in [4.69, 9.17) is 5.87 Å². The molecule has 0 fully saturated rings. The maximum Gasteiger partial charge on any atom is -0.0122 e. The summed E-state index contributed by atoms with van der Waals surface area (Å²) in [5.74, 6) is 7.09. The summed E-state index contributed by atoms with van der Waals surface area (Å²) >= 11 is 1.02. The Balaban J connectivity index is 2.81. The lowest BCUT2D eigenvalue weighted by atomic mass is 10.3. The highest BCUT2D eigenvalue weighted by Crippen LogP contribution is 1.94. The molecule has 0 amide bonds. The van der Waals surface area contributed by atoms with Gasteiger partial charge in [0.05, 0.1) is 0 Å². The van der Waals surface area contributed by atoms with Crippen LogP contribution in [-0.4, -0.2) is 11.6 Å². The van der Waals surface area contributed by atoms with Crippen molar-refractivity contribution in [3.05, 3.63) is 0 Å². The Labute approximate surface area is 43.5 Å². The summed E-state index contributed by atoms with van der Waals surface area (Å²) in [5, 5.41) is 0. The second-order valence-corrected chi connectivity index (χ2v) is 2.49. The summed E-state index contributed by atoms with van der Waals surface area (Å²) in [6.45, 7) is 4.33. The first-order chi connectivity index (χ1) is 2.77. The molecule has 37 valence electrons. The average molecular weight is 103 g/mol. The molecule has 0 aliphatic rings. The Bertz CT molecular complexity index is 39.2. The van der Waals surface area contributed by atoms with Crippen molar-refractivity contribution in [1.82, 2.24) is 0 Å². The van der Waals surface area contributed by atoms with Crippen molar-refractivity contribution in [3.8, 4) is 0 Å². The molecule has 0 aromatic carbocycles. The molecule has 0 saturated carbocycles. The van der Waals surface area contributed by atoms with Crippen LogP contribution in [0.15, 0.2) is 0 Å². The van der Waals surface area contributed by atoms with Crippen LogP contribution in [0.25, 0.3) is 0 Å².